The number of hydrogen-bond acceptors (Lipinski definition) is 4. The van der Waals surface area contributed by atoms with Crippen LogP contribution in [0.2, 0.25) is 0 Å². The molecule has 0 aliphatic carbocycles. The highest BCUT2D eigenvalue weighted by atomic mass is 32.2. The van der Waals surface area contributed by atoms with Crippen LogP contribution < -0.4 is 5.32 Å². The SMILES string of the molecule is Cc1ccc(S(C)(=O)=O)cc1NCc1ccsc1. The molecule has 0 unspecified atom stereocenters. The Morgan fingerprint density at radius 3 is 2.67 bits per heavy atom. The number of hydrogen-bond donors (Lipinski definition) is 1. The first-order valence-corrected chi connectivity index (χ1v) is 8.36. The second-order valence-electron chi connectivity index (χ2n) is 4.23. The second kappa shape index (κ2) is 5.12. The van der Waals surface area contributed by atoms with Crippen LogP contribution in [0.15, 0.2) is 39.9 Å². The van der Waals surface area contributed by atoms with Crippen molar-refractivity contribution in [3.8, 4) is 0 Å². The van der Waals surface area contributed by atoms with Gasteiger partial charge in [-0.15, -0.1) is 0 Å². The largest absolute Gasteiger partial charge is 0.381 e. The van der Waals surface area contributed by atoms with Gasteiger partial charge in [-0.25, -0.2) is 8.42 Å². The zero-order chi connectivity index (χ0) is 13.2. The van der Waals surface area contributed by atoms with Crippen molar-refractivity contribution in [1.29, 1.82) is 0 Å². The number of sulfone groups is 1. The molecule has 96 valence electrons. The molecule has 2 aromatic rings. The van der Waals surface area contributed by atoms with E-state index >= 15 is 0 Å². The molecular formula is C13H15NO2S2. The molecule has 0 amide bonds. The Labute approximate surface area is 111 Å². The molecule has 2 rings (SSSR count). The molecule has 18 heavy (non-hydrogen) atoms. The van der Waals surface area contributed by atoms with E-state index in [9.17, 15) is 8.42 Å². The molecule has 1 aromatic heterocycles. The summed E-state index contributed by atoms with van der Waals surface area (Å²) in [6.07, 6.45) is 1.22. The van der Waals surface area contributed by atoms with Gasteiger partial charge < -0.3 is 5.32 Å². The van der Waals surface area contributed by atoms with E-state index < -0.39 is 9.84 Å². The molecule has 0 spiro atoms. The van der Waals surface area contributed by atoms with Gasteiger partial charge in [0.1, 0.15) is 0 Å². The van der Waals surface area contributed by atoms with E-state index in [1.54, 1.807) is 23.5 Å². The molecule has 0 radical (unpaired) electrons. The number of thiophene rings is 1. The van der Waals surface area contributed by atoms with Gasteiger partial charge in [-0.1, -0.05) is 6.07 Å². The summed E-state index contributed by atoms with van der Waals surface area (Å²) in [6, 6.07) is 7.21. The van der Waals surface area contributed by atoms with Gasteiger partial charge in [0.15, 0.2) is 9.84 Å². The molecule has 0 aliphatic rings. The fourth-order valence-electron chi connectivity index (χ4n) is 1.61. The third kappa shape index (κ3) is 3.11. The van der Waals surface area contributed by atoms with Crippen molar-refractivity contribution < 1.29 is 8.42 Å². The molecule has 1 heterocycles. The summed E-state index contributed by atoms with van der Waals surface area (Å²) in [5, 5.41) is 7.37. The summed E-state index contributed by atoms with van der Waals surface area (Å²) >= 11 is 1.65. The van der Waals surface area contributed by atoms with Crippen molar-refractivity contribution in [1.82, 2.24) is 0 Å². The Kier molecular flexibility index (Phi) is 3.73. The first-order valence-electron chi connectivity index (χ1n) is 5.52. The van der Waals surface area contributed by atoms with Gasteiger partial charge in [-0.05, 0) is 47.0 Å². The van der Waals surface area contributed by atoms with Crippen LogP contribution in [0.3, 0.4) is 0 Å². The van der Waals surface area contributed by atoms with Crippen molar-refractivity contribution in [2.75, 3.05) is 11.6 Å². The molecule has 1 N–H and O–H groups in total. The maximum Gasteiger partial charge on any atom is 0.175 e. The Hall–Kier alpha value is -1.33. The van der Waals surface area contributed by atoms with Crippen LogP contribution in [0.4, 0.5) is 5.69 Å². The lowest BCUT2D eigenvalue weighted by atomic mass is 10.2. The van der Waals surface area contributed by atoms with Gasteiger partial charge in [0.25, 0.3) is 0 Å². The second-order valence-corrected chi connectivity index (χ2v) is 7.03. The van der Waals surface area contributed by atoms with E-state index in [-0.39, 0.29) is 0 Å². The lowest BCUT2D eigenvalue weighted by Crippen LogP contribution is -2.03. The highest BCUT2D eigenvalue weighted by molar-refractivity contribution is 7.90. The summed E-state index contributed by atoms with van der Waals surface area (Å²) in [5.41, 5.74) is 3.10. The van der Waals surface area contributed by atoms with Crippen molar-refractivity contribution in [2.24, 2.45) is 0 Å². The summed E-state index contributed by atoms with van der Waals surface area (Å²) in [4.78, 5) is 0.348. The standard InChI is InChI=1S/C13H15NO2S2/c1-10-3-4-12(18(2,15)16)7-13(10)14-8-11-5-6-17-9-11/h3-7,9,14H,8H2,1-2H3. The minimum Gasteiger partial charge on any atom is -0.381 e. The summed E-state index contributed by atoms with van der Waals surface area (Å²) < 4.78 is 23.0. The maximum atomic E-state index is 11.5. The lowest BCUT2D eigenvalue weighted by molar-refractivity contribution is 0.602. The van der Waals surface area contributed by atoms with Crippen molar-refractivity contribution >= 4 is 26.9 Å². The molecule has 0 saturated carbocycles. The number of rotatable bonds is 4. The van der Waals surface area contributed by atoms with Gasteiger partial charge in [0, 0.05) is 18.5 Å². The van der Waals surface area contributed by atoms with Crippen LogP contribution in [-0.4, -0.2) is 14.7 Å². The van der Waals surface area contributed by atoms with Crippen LogP contribution in [0, 0.1) is 6.92 Å². The Morgan fingerprint density at radius 1 is 1.28 bits per heavy atom. The molecule has 3 nitrogen and oxygen atoms in total. The first kappa shape index (κ1) is 13.1. The molecule has 0 saturated heterocycles. The third-order valence-corrected chi connectivity index (χ3v) is 4.54. The van der Waals surface area contributed by atoms with E-state index in [1.807, 2.05) is 24.4 Å². The normalized spacial score (nSPS) is 11.4. The van der Waals surface area contributed by atoms with Crippen molar-refractivity contribution in [2.45, 2.75) is 18.4 Å². The van der Waals surface area contributed by atoms with Crippen LogP contribution in [0.1, 0.15) is 11.1 Å². The number of aryl methyl sites for hydroxylation is 1. The predicted octanol–water partition coefficient (Wildman–Crippen LogP) is 3.07. The van der Waals surface area contributed by atoms with E-state index in [0.717, 1.165) is 11.3 Å². The molecule has 5 heteroatoms. The van der Waals surface area contributed by atoms with Gasteiger partial charge in [-0.2, -0.15) is 11.3 Å². The van der Waals surface area contributed by atoms with E-state index in [4.69, 9.17) is 0 Å². The van der Waals surface area contributed by atoms with Gasteiger partial charge in [0.05, 0.1) is 4.90 Å². The molecule has 0 aliphatic heterocycles. The molecule has 1 aromatic carbocycles. The highest BCUT2D eigenvalue weighted by Crippen LogP contribution is 2.21. The molecular weight excluding hydrogens is 266 g/mol. The number of nitrogens with one attached hydrogen (secondary N) is 1. The van der Waals surface area contributed by atoms with E-state index in [0.29, 0.717) is 11.4 Å². The Morgan fingerprint density at radius 2 is 2.06 bits per heavy atom. The zero-order valence-corrected chi connectivity index (χ0v) is 11.9. The maximum absolute atomic E-state index is 11.5. The Bertz CT molecular complexity index is 631. The number of anilines is 1. The zero-order valence-electron chi connectivity index (χ0n) is 10.3. The highest BCUT2D eigenvalue weighted by Gasteiger charge is 2.09. The quantitative estimate of drug-likeness (QED) is 0.937. The summed E-state index contributed by atoms with van der Waals surface area (Å²) in [5.74, 6) is 0. The average Bonchev–Trinajstić information content (AvgIpc) is 2.79. The van der Waals surface area contributed by atoms with Gasteiger partial charge in [-0.3, -0.25) is 0 Å². The van der Waals surface area contributed by atoms with Gasteiger partial charge in [0.2, 0.25) is 0 Å². The minimum atomic E-state index is -3.15. The molecule has 0 bridgehead atoms. The van der Waals surface area contributed by atoms with Crippen molar-refractivity contribution in [3.05, 3.63) is 46.2 Å². The van der Waals surface area contributed by atoms with E-state index in [2.05, 4.69) is 10.7 Å². The molecule has 0 atom stereocenters. The fraction of sp³-hybridized carbons (Fsp3) is 0.231. The lowest BCUT2D eigenvalue weighted by Gasteiger charge is -2.10. The molecule has 0 fully saturated rings. The minimum absolute atomic E-state index is 0.348. The van der Waals surface area contributed by atoms with Crippen LogP contribution in [0.5, 0.6) is 0 Å². The van der Waals surface area contributed by atoms with Crippen LogP contribution in [-0.2, 0) is 16.4 Å². The van der Waals surface area contributed by atoms with E-state index in [1.165, 1.54) is 11.8 Å². The topological polar surface area (TPSA) is 46.2 Å². The predicted molar refractivity (Wildman–Crippen MR) is 75.9 cm³/mol. The summed E-state index contributed by atoms with van der Waals surface area (Å²) in [7, 11) is -3.15. The van der Waals surface area contributed by atoms with Crippen LogP contribution in [0.25, 0.3) is 0 Å². The first-order chi connectivity index (χ1) is 8.47. The Balaban J connectivity index is 2.22. The third-order valence-electron chi connectivity index (χ3n) is 2.70. The monoisotopic (exact) mass is 281 g/mol. The fourth-order valence-corrected chi connectivity index (χ4v) is 2.93. The number of benzene rings is 1. The van der Waals surface area contributed by atoms with Gasteiger partial charge >= 0.3 is 0 Å². The van der Waals surface area contributed by atoms with Crippen molar-refractivity contribution in [3.63, 3.8) is 0 Å². The average molecular weight is 281 g/mol. The smallest absolute Gasteiger partial charge is 0.175 e. The van der Waals surface area contributed by atoms with Crippen LogP contribution >= 0.6 is 11.3 Å². The summed E-state index contributed by atoms with van der Waals surface area (Å²) in [6.45, 7) is 2.67.